The monoisotopic (exact) mass is 238 g/mol. The van der Waals surface area contributed by atoms with Gasteiger partial charge in [0.15, 0.2) is 0 Å². The van der Waals surface area contributed by atoms with Gasteiger partial charge >= 0.3 is 0 Å². The molecule has 0 aromatic carbocycles. The van der Waals surface area contributed by atoms with E-state index in [1.54, 1.807) is 6.08 Å². The molecule has 1 N–H and O–H groups in total. The molecule has 3 heteroatoms. The quantitative estimate of drug-likeness (QED) is 0.714. The van der Waals surface area contributed by atoms with Crippen molar-refractivity contribution < 1.29 is 4.39 Å². The van der Waals surface area contributed by atoms with Crippen LogP contribution in [0.2, 0.25) is 0 Å². The van der Waals surface area contributed by atoms with Gasteiger partial charge in [0.1, 0.15) is 6.67 Å². The van der Waals surface area contributed by atoms with E-state index in [-0.39, 0.29) is 0 Å². The lowest BCUT2D eigenvalue weighted by atomic mass is 10.1. The second-order valence-electron chi connectivity index (χ2n) is 4.49. The molecule has 0 aliphatic carbocycles. The Balaban J connectivity index is 2.34. The zero-order valence-corrected chi connectivity index (χ0v) is 10.7. The summed E-state index contributed by atoms with van der Waals surface area (Å²) in [7, 11) is 2.16. The van der Waals surface area contributed by atoms with Crippen LogP contribution in [-0.4, -0.2) is 44.3 Å². The molecule has 0 aromatic heterocycles. The van der Waals surface area contributed by atoms with Crippen LogP contribution in [0, 0.1) is 0 Å². The maximum atomic E-state index is 12.1. The number of rotatable bonds is 6. The van der Waals surface area contributed by atoms with E-state index < -0.39 is 6.67 Å². The van der Waals surface area contributed by atoms with Crippen LogP contribution < -0.4 is 5.32 Å². The van der Waals surface area contributed by atoms with E-state index in [9.17, 15) is 4.39 Å². The lowest BCUT2D eigenvalue weighted by Gasteiger charge is -2.29. The van der Waals surface area contributed by atoms with Crippen molar-refractivity contribution in [2.24, 2.45) is 0 Å². The maximum Gasteiger partial charge on any atom is 0.108 e. The van der Waals surface area contributed by atoms with Crippen LogP contribution in [0.3, 0.4) is 0 Å². The molecule has 1 saturated heterocycles. The summed E-state index contributed by atoms with van der Waals surface area (Å²) in [6, 6.07) is 0.582. The van der Waals surface area contributed by atoms with Crippen LogP contribution in [0.5, 0.6) is 0 Å². The Hall–Kier alpha value is -0.930. The zero-order valence-electron chi connectivity index (χ0n) is 10.7. The molecular formula is C14H23FN2. The highest BCUT2D eigenvalue weighted by Gasteiger charge is 2.15. The number of nitrogens with zero attached hydrogens (tertiary/aromatic N) is 1. The fourth-order valence-corrected chi connectivity index (χ4v) is 2.00. The van der Waals surface area contributed by atoms with Gasteiger partial charge in [-0.25, -0.2) is 4.39 Å². The third-order valence-corrected chi connectivity index (χ3v) is 3.07. The summed E-state index contributed by atoms with van der Waals surface area (Å²) in [5, 5.41) is 3.52. The van der Waals surface area contributed by atoms with Crippen molar-refractivity contribution in [2.75, 3.05) is 33.4 Å². The first-order valence-electron chi connectivity index (χ1n) is 6.22. The molecule has 0 radical (unpaired) electrons. The van der Waals surface area contributed by atoms with Gasteiger partial charge in [0.05, 0.1) is 0 Å². The summed E-state index contributed by atoms with van der Waals surface area (Å²) in [4.78, 5) is 2.35. The molecule has 1 aliphatic heterocycles. The molecule has 1 fully saturated rings. The van der Waals surface area contributed by atoms with Gasteiger partial charge in [-0.15, -0.1) is 0 Å². The van der Waals surface area contributed by atoms with Gasteiger partial charge in [0.2, 0.25) is 0 Å². The van der Waals surface area contributed by atoms with Gasteiger partial charge in [-0.1, -0.05) is 30.9 Å². The van der Waals surface area contributed by atoms with Crippen molar-refractivity contribution >= 4 is 0 Å². The van der Waals surface area contributed by atoms with Gasteiger partial charge in [0, 0.05) is 12.6 Å². The molecule has 0 spiro atoms. The molecule has 1 heterocycles. The number of nitrogens with one attached hydrogen (secondary N) is 1. The van der Waals surface area contributed by atoms with Gasteiger partial charge in [0.25, 0.3) is 0 Å². The minimum Gasteiger partial charge on any atom is -0.310 e. The van der Waals surface area contributed by atoms with Crippen LogP contribution in [0.4, 0.5) is 4.39 Å². The smallest absolute Gasteiger partial charge is 0.108 e. The van der Waals surface area contributed by atoms with Crippen LogP contribution in [-0.2, 0) is 0 Å². The molecule has 0 saturated carbocycles. The van der Waals surface area contributed by atoms with Crippen molar-refractivity contribution in [1.82, 2.24) is 10.2 Å². The summed E-state index contributed by atoms with van der Waals surface area (Å²) in [5.41, 5.74) is 1.08. The topological polar surface area (TPSA) is 15.3 Å². The second-order valence-corrected chi connectivity index (χ2v) is 4.49. The van der Waals surface area contributed by atoms with E-state index in [0.29, 0.717) is 6.04 Å². The fraction of sp³-hybridized carbons (Fsp3) is 0.571. The molecule has 0 atom stereocenters. The Bertz CT molecular complexity index is 276. The molecule has 0 unspecified atom stereocenters. The summed E-state index contributed by atoms with van der Waals surface area (Å²) in [6.45, 7) is 6.35. The summed E-state index contributed by atoms with van der Waals surface area (Å²) in [6.07, 6.45) is 9.40. The molecule has 0 amide bonds. The molecule has 1 aliphatic rings. The first-order chi connectivity index (χ1) is 8.26. The van der Waals surface area contributed by atoms with E-state index in [1.807, 2.05) is 12.2 Å². The van der Waals surface area contributed by atoms with E-state index >= 15 is 0 Å². The van der Waals surface area contributed by atoms with Crippen molar-refractivity contribution in [3.8, 4) is 0 Å². The first-order valence-corrected chi connectivity index (χ1v) is 6.22. The van der Waals surface area contributed by atoms with Gasteiger partial charge < -0.3 is 10.2 Å². The van der Waals surface area contributed by atoms with Crippen LogP contribution in [0.1, 0.15) is 12.8 Å². The Morgan fingerprint density at radius 1 is 1.47 bits per heavy atom. The fourth-order valence-electron chi connectivity index (χ4n) is 2.00. The molecule has 2 nitrogen and oxygen atoms in total. The van der Waals surface area contributed by atoms with Gasteiger partial charge in [-0.3, -0.25) is 0 Å². The first kappa shape index (κ1) is 14.1. The zero-order chi connectivity index (χ0) is 12.5. The predicted molar refractivity (Wildman–Crippen MR) is 71.9 cm³/mol. The second kappa shape index (κ2) is 8.20. The molecule has 17 heavy (non-hydrogen) atoms. The average molecular weight is 238 g/mol. The Morgan fingerprint density at radius 2 is 2.18 bits per heavy atom. The highest BCUT2D eigenvalue weighted by atomic mass is 19.1. The molecule has 0 bridgehead atoms. The number of piperidine rings is 1. The molecule has 1 rings (SSSR count). The van der Waals surface area contributed by atoms with E-state index in [0.717, 1.165) is 25.2 Å². The molecule has 96 valence electrons. The Kier molecular flexibility index (Phi) is 6.82. The van der Waals surface area contributed by atoms with Crippen LogP contribution in [0.15, 0.2) is 36.5 Å². The van der Waals surface area contributed by atoms with Crippen molar-refractivity contribution in [1.29, 1.82) is 0 Å². The highest BCUT2D eigenvalue weighted by molar-refractivity contribution is 5.24. The predicted octanol–water partition coefficient (Wildman–Crippen LogP) is 2.31. The standard InChI is InChI=1S/C14H23FN2/c1-3-5-13(6-4-9-15)12-16-14-7-10-17(2)11-8-14/h3-6,14,16H,1,7-12H2,2H3/b6-4-,13-5+. The minimum atomic E-state index is -0.414. The lowest BCUT2D eigenvalue weighted by molar-refractivity contribution is 0.237. The van der Waals surface area contributed by atoms with Crippen LogP contribution in [0.25, 0.3) is 0 Å². The number of hydrogen-bond donors (Lipinski definition) is 1. The van der Waals surface area contributed by atoms with Crippen molar-refractivity contribution in [2.45, 2.75) is 18.9 Å². The van der Waals surface area contributed by atoms with E-state index in [2.05, 4.69) is 23.8 Å². The summed E-state index contributed by atoms with van der Waals surface area (Å²) < 4.78 is 12.1. The van der Waals surface area contributed by atoms with Crippen molar-refractivity contribution in [3.63, 3.8) is 0 Å². The summed E-state index contributed by atoms with van der Waals surface area (Å²) in [5.74, 6) is 0. The average Bonchev–Trinajstić information content (AvgIpc) is 2.35. The van der Waals surface area contributed by atoms with Gasteiger partial charge in [-0.05, 0) is 38.6 Å². The highest BCUT2D eigenvalue weighted by Crippen LogP contribution is 2.08. The lowest BCUT2D eigenvalue weighted by Crippen LogP contribution is -2.41. The Labute approximate surface area is 104 Å². The van der Waals surface area contributed by atoms with Crippen molar-refractivity contribution in [3.05, 3.63) is 36.5 Å². The normalized spacial score (nSPS) is 20.0. The Morgan fingerprint density at radius 3 is 2.76 bits per heavy atom. The number of hydrogen-bond acceptors (Lipinski definition) is 2. The van der Waals surface area contributed by atoms with Crippen LogP contribution >= 0.6 is 0 Å². The van der Waals surface area contributed by atoms with E-state index in [4.69, 9.17) is 0 Å². The number of likely N-dealkylation sites (tertiary alicyclic amines) is 1. The third kappa shape index (κ3) is 5.80. The number of allylic oxidation sites excluding steroid dienone is 3. The minimum absolute atomic E-state index is 0.414. The molecular weight excluding hydrogens is 215 g/mol. The third-order valence-electron chi connectivity index (χ3n) is 3.07. The summed E-state index contributed by atoms with van der Waals surface area (Å²) >= 11 is 0. The number of halogens is 1. The number of alkyl halides is 1. The molecule has 0 aromatic rings. The van der Waals surface area contributed by atoms with Gasteiger partial charge in [-0.2, -0.15) is 0 Å². The SMILES string of the molecule is C=C/C=C(\C=C/CF)CNC1CCN(C)CC1. The maximum absolute atomic E-state index is 12.1. The largest absolute Gasteiger partial charge is 0.310 e. The van der Waals surface area contributed by atoms with E-state index in [1.165, 1.54) is 18.9 Å².